The molecule has 150 valence electrons. The fourth-order valence-electron chi connectivity index (χ4n) is 2.78. The minimum absolute atomic E-state index is 0.0454. The molecule has 0 aromatic heterocycles. The second-order valence-electron chi connectivity index (χ2n) is 6.51. The van der Waals surface area contributed by atoms with Gasteiger partial charge in [0, 0.05) is 24.0 Å². The Morgan fingerprint density at radius 1 is 1.26 bits per heavy atom. The summed E-state index contributed by atoms with van der Waals surface area (Å²) in [6.45, 7) is 3.61. The molecule has 1 fully saturated rings. The van der Waals surface area contributed by atoms with Gasteiger partial charge in [0.25, 0.3) is 0 Å². The highest BCUT2D eigenvalue weighted by Crippen LogP contribution is 2.30. The Kier molecular flexibility index (Phi) is 7.50. The summed E-state index contributed by atoms with van der Waals surface area (Å²) in [5.41, 5.74) is 0. The van der Waals surface area contributed by atoms with E-state index in [0.717, 1.165) is 0 Å². The molecule has 2 rings (SSSR count). The number of piperidine rings is 1. The first kappa shape index (κ1) is 21.9. The molecule has 0 saturated carbocycles. The number of ether oxygens (including phenoxy) is 1. The molecule has 0 bridgehead atoms. The van der Waals surface area contributed by atoms with Crippen LogP contribution in [-0.2, 0) is 24.3 Å². The van der Waals surface area contributed by atoms with Crippen LogP contribution in [0.15, 0.2) is 23.1 Å². The van der Waals surface area contributed by atoms with Gasteiger partial charge in [-0.1, -0.05) is 23.2 Å². The van der Waals surface area contributed by atoms with E-state index in [0.29, 0.717) is 12.8 Å². The first-order chi connectivity index (χ1) is 12.6. The van der Waals surface area contributed by atoms with Gasteiger partial charge in [-0.15, -0.1) is 0 Å². The van der Waals surface area contributed by atoms with Crippen molar-refractivity contribution in [3.8, 4) is 0 Å². The molecule has 1 heterocycles. The maximum Gasteiger partial charge on any atom is 0.325 e. The van der Waals surface area contributed by atoms with Crippen LogP contribution in [0.2, 0.25) is 10.0 Å². The average molecular weight is 437 g/mol. The minimum atomic E-state index is -3.79. The van der Waals surface area contributed by atoms with Crippen LogP contribution in [0.3, 0.4) is 0 Å². The zero-order chi connectivity index (χ0) is 20.2. The fraction of sp³-hybridized carbons (Fsp3) is 0.529. The summed E-state index contributed by atoms with van der Waals surface area (Å²) in [7, 11) is -3.79. The Hall–Kier alpha value is -1.35. The molecule has 1 saturated heterocycles. The van der Waals surface area contributed by atoms with Crippen LogP contribution in [0.1, 0.15) is 26.7 Å². The topological polar surface area (TPSA) is 92.8 Å². The molecule has 0 unspecified atom stereocenters. The molecule has 1 N–H and O–H groups in total. The van der Waals surface area contributed by atoms with Crippen molar-refractivity contribution >= 4 is 45.1 Å². The van der Waals surface area contributed by atoms with Crippen LogP contribution in [0.4, 0.5) is 0 Å². The molecule has 1 aromatic carbocycles. The maximum absolute atomic E-state index is 12.8. The third-order valence-electron chi connectivity index (χ3n) is 4.11. The van der Waals surface area contributed by atoms with Crippen LogP contribution in [-0.4, -0.2) is 50.3 Å². The van der Waals surface area contributed by atoms with Gasteiger partial charge in [0.05, 0.1) is 11.1 Å². The van der Waals surface area contributed by atoms with E-state index in [4.69, 9.17) is 27.9 Å². The molecular formula is C17H22Cl2N2O5S. The number of hydrogen-bond acceptors (Lipinski definition) is 5. The van der Waals surface area contributed by atoms with Crippen molar-refractivity contribution in [3.63, 3.8) is 0 Å². The number of halogens is 2. The molecule has 0 radical (unpaired) electrons. The predicted molar refractivity (Wildman–Crippen MR) is 102 cm³/mol. The molecule has 0 spiro atoms. The van der Waals surface area contributed by atoms with E-state index < -0.39 is 16.0 Å². The van der Waals surface area contributed by atoms with E-state index in [1.54, 1.807) is 13.8 Å². The van der Waals surface area contributed by atoms with E-state index in [1.807, 2.05) is 0 Å². The Labute approximate surface area is 169 Å². The fourth-order valence-corrected chi connectivity index (χ4v) is 4.99. The number of nitrogens with zero attached hydrogens (tertiary/aromatic N) is 1. The number of amides is 1. The summed E-state index contributed by atoms with van der Waals surface area (Å²) in [6, 6.07) is 4.27. The third-order valence-corrected chi connectivity index (χ3v) is 6.73. The first-order valence-electron chi connectivity index (χ1n) is 8.53. The SMILES string of the molecule is CC(C)OC(=O)CNC(=O)C1CCN(S(=O)(=O)c2cc(Cl)ccc2Cl)CC1. The number of esters is 1. The maximum atomic E-state index is 12.8. The minimum Gasteiger partial charge on any atom is -0.462 e. The summed E-state index contributed by atoms with van der Waals surface area (Å²) >= 11 is 11.9. The summed E-state index contributed by atoms with van der Waals surface area (Å²) in [6.07, 6.45) is 0.450. The lowest BCUT2D eigenvalue weighted by atomic mass is 9.97. The monoisotopic (exact) mass is 436 g/mol. The second-order valence-corrected chi connectivity index (χ2v) is 9.26. The highest BCUT2D eigenvalue weighted by molar-refractivity contribution is 7.89. The molecule has 0 aliphatic carbocycles. The Morgan fingerprint density at radius 3 is 2.48 bits per heavy atom. The molecule has 1 aliphatic heterocycles. The molecular weight excluding hydrogens is 415 g/mol. The van der Waals surface area contributed by atoms with Crippen LogP contribution in [0, 0.1) is 5.92 Å². The van der Waals surface area contributed by atoms with E-state index >= 15 is 0 Å². The number of rotatable bonds is 6. The van der Waals surface area contributed by atoms with Crippen LogP contribution < -0.4 is 5.32 Å². The van der Waals surface area contributed by atoms with Crippen molar-refractivity contribution in [3.05, 3.63) is 28.2 Å². The summed E-state index contributed by atoms with van der Waals surface area (Å²) in [5, 5.41) is 2.92. The molecule has 27 heavy (non-hydrogen) atoms. The lowest BCUT2D eigenvalue weighted by Gasteiger charge is -2.30. The van der Waals surface area contributed by atoms with E-state index in [-0.39, 0.29) is 52.5 Å². The van der Waals surface area contributed by atoms with Crippen molar-refractivity contribution in [2.45, 2.75) is 37.7 Å². The van der Waals surface area contributed by atoms with Gasteiger partial charge in [-0.05, 0) is 44.9 Å². The van der Waals surface area contributed by atoms with Crippen molar-refractivity contribution in [1.82, 2.24) is 9.62 Å². The third kappa shape index (κ3) is 5.81. The zero-order valence-electron chi connectivity index (χ0n) is 15.1. The van der Waals surface area contributed by atoms with Gasteiger partial charge in [0.1, 0.15) is 11.4 Å². The quantitative estimate of drug-likeness (QED) is 0.691. The highest BCUT2D eigenvalue weighted by atomic mass is 35.5. The van der Waals surface area contributed by atoms with Gasteiger partial charge in [-0.3, -0.25) is 9.59 Å². The molecule has 1 aliphatic rings. The number of hydrogen-bond donors (Lipinski definition) is 1. The van der Waals surface area contributed by atoms with Crippen LogP contribution in [0.25, 0.3) is 0 Å². The Morgan fingerprint density at radius 2 is 1.89 bits per heavy atom. The number of sulfonamides is 1. The van der Waals surface area contributed by atoms with Crippen molar-refractivity contribution in [2.75, 3.05) is 19.6 Å². The van der Waals surface area contributed by atoms with Gasteiger partial charge in [0.15, 0.2) is 0 Å². The standard InChI is InChI=1S/C17H22Cl2N2O5S/c1-11(2)26-16(22)10-20-17(23)12-5-7-21(8-6-12)27(24,25)15-9-13(18)3-4-14(15)19/h3-4,9,11-12H,5-8,10H2,1-2H3,(H,20,23). The van der Waals surface area contributed by atoms with E-state index in [9.17, 15) is 18.0 Å². The summed E-state index contributed by atoms with van der Waals surface area (Å²) < 4.78 is 31.8. The normalized spacial score (nSPS) is 16.3. The van der Waals surface area contributed by atoms with Gasteiger partial charge in [0.2, 0.25) is 15.9 Å². The van der Waals surface area contributed by atoms with Crippen molar-refractivity contribution < 1.29 is 22.7 Å². The smallest absolute Gasteiger partial charge is 0.325 e. The van der Waals surface area contributed by atoms with Crippen LogP contribution >= 0.6 is 23.2 Å². The van der Waals surface area contributed by atoms with E-state index in [1.165, 1.54) is 22.5 Å². The van der Waals surface area contributed by atoms with Gasteiger partial charge in [-0.2, -0.15) is 4.31 Å². The first-order valence-corrected chi connectivity index (χ1v) is 10.7. The van der Waals surface area contributed by atoms with E-state index in [2.05, 4.69) is 5.32 Å². The van der Waals surface area contributed by atoms with Crippen molar-refractivity contribution in [1.29, 1.82) is 0 Å². The number of nitrogens with one attached hydrogen (secondary N) is 1. The van der Waals surface area contributed by atoms with Gasteiger partial charge >= 0.3 is 5.97 Å². The molecule has 7 nitrogen and oxygen atoms in total. The lowest BCUT2D eigenvalue weighted by Crippen LogP contribution is -2.44. The highest BCUT2D eigenvalue weighted by Gasteiger charge is 2.33. The Balaban J connectivity index is 1.93. The number of benzene rings is 1. The van der Waals surface area contributed by atoms with Crippen molar-refractivity contribution in [2.24, 2.45) is 5.92 Å². The zero-order valence-corrected chi connectivity index (χ0v) is 17.4. The summed E-state index contributed by atoms with van der Waals surface area (Å²) in [5.74, 6) is -1.15. The molecule has 1 amide bonds. The van der Waals surface area contributed by atoms with Gasteiger partial charge < -0.3 is 10.1 Å². The van der Waals surface area contributed by atoms with Crippen LogP contribution in [0.5, 0.6) is 0 Å². The molecule has 0 atom stereocenters. The molecule has 1 aromatic rings. The average Bonchev–Trinajstić information content (AvgIpc) is 2.61. The van der Waals surface area contributed by atoms with Gasteiger partial charge in [-0.25, -0.2) is 8.42 Å². The lowest BCUT2D eigenvalue weighted by molar-refractivity contribution is -0.147. The molecule has 10 heteroatoms. The predicted octanol–water partition coefficient (Wildman–Crippen LogP) is 2.46. The number of carbonyl (C=O) groups is 2. The number of carbonyl (C=O) groups excluding carboxylic acids is 2. The largest absolute Gasteiger partial charge is 0.462 e. The summed E-state index contributed by atoms with van der Waals surface area (Å²) in [4.78, 5) is 23.6. The Bertz CT molecular complexity index is 806. The second kappa shape index (κ2) is 9.23.